The molecule has 0 atom stereocenters. The quantitative estimate of drug-likeness (QED) is 0.0709. The molecule has 3 heterocycles. The van der Waals surface area contributed by atoms with Crippen LogP contribution in [0.5, 0.6) is 5.75 Å². The summed E-state index contributed by atoms with van der Waals surface area (Å²) in [6, 6.07) is 28.7. The van der Waals surface area contributed by atoms with Crippen molar-refractivity contribution in [2.75, 3.05) is 31.1 Å². The van der Waals surface area contributed by atoms with E-state index in [1.165, 1.54) is 17.0 Å². The lowest BCUT2D eigenvalue weighted by Gasteiger charge is -2.16. The molecule has 0 aliphatic carbocycles. The van der Waals surface area contributed by atoms with Crippen molar-refractivity contribution >= 4 is 72.7 Å². The summed E-state index contributed by atoms with van der Waals surface area (Å²) in [4.78, 5) is 0. The number of fused-ring (bicyclic) bond motifs is 3. The van der Waals surface area contributed by atoms with Crippen LogP contribution in [0.2, 0.25) is 0 Å². The lowest BCUT2D eigenvalue weighted by molar-refractivity contribution is -0.438. The molecule has 0 radical (unpaired) electrons. The SMILES string of the molecule is CCCC[N+]1=C(/C=C/c2cc(/C=C/C3=[N+](CCCS(=O)(=O)O)c4ccccc4C3(C)C)c(O)c(/C=C/C3=[N+](CCCS(=O)(=O)O)c4ccccc4C3(C)C)c2)C(C)(C)c2ccccc21. The van der Waals surface area contributed by atoms with Gasteiger partial charge < -0.3 is 5.11 Å². The molecule has 7 rings (SSSR count). The fourth-order valence-electron chi connectivity index (χ4n) is 9.84. The summed E-state index contributed by atoms with van der Waals surface area (Å²) in [6.07, 6.45) is 14.7. The Balaban J connectivity index is 1.36. The second-order valence-electron chi connectivity index (χ2n) is 18.7. The van der Waals surface area contributed by atoms with Crippen molar-refractivity contribution in [1.29, 1.82) is 0 Å². The standard InChI is InChI=1S/C52H59N3O7S2/c1-8-9-30-53-43-21-13-10-18-40(43)50(2,3)46(53)27-24-37-35-38(25-28-47-51(4,5)41-19-11-14-22-44(41)54(47)31-16-33-63(57,58)59)49(56)39(36-37)26-29-48-52(6,7)42-20-12-15-23-45(42)55(48)32-17-34-64(60,61)62/h10-15,18-29,35-36H,8-9,16-17,30-34H2,1-7H3/p+3. The van der Waals surface area contributed by atoms with E-state index in [9.17, 15) is 31.0 Å². The molecule has 12 heteroatoms. The van der Waals surface area contributed by atoms with Crippen molar-refractivity contribution < 1.29 is 44.8 Å². The van der Waals surface area contributed by atoms with Crippen molar-refractivity contribution in [1.82, 2.24) is 0 Å². The van der Waals surface area contributed by atoms with E-state index in [0.29, 0.717) is 24.2 Å². The van der Waals surface area contributed by atoms with Crippen LogP contribution in [0.1, 0.15) is 108 Å². The van der Waals surface area contributed by atoms with Gasteiger partial charge in [-0.15, -0.1) is 0 Å². The van der Waals surface area contributed by atoms with E-state index < -0.39 is 31.1 Å². The third-order valence-corrected chi connectivity index (χ3v) is 14.8. The van der Waals surface area contributed by atoms with Gasteiger partial charge in [-0.05, 0) is 77.5 Å². The van der Waals surface area contributed by atoms with Crippen LogP contribution in [0.3, 0.4) is 0 Å². The van der Waals surface area contributed by atoms with Crippen molar-refractivity contribution in [2.24, 2.45) is 0 Å². The minimum Gasteiger partial charge on any atom is -0.507 e. The number of nitrogens with zero attached hydrogens (tertiary/aromatic N) is 3. The highest BCUT2D eigenvalue weighted by Crippen LogP contribution is 2.43. The van der Waals surface area contributed by atoms with Crippen molar-refractivity contribution in [3.05, 3.63) is 137 Å². The maximum atomic E-state index is 12.2. The molecule has 3 aliphatic rings. The highest BCUT2D eigenvalue weighted by Gasteiger charge is 2.46. The zero-order valence-electron chi connectivity index (χ0n) is 38.0. The summed E-state index contributed by atoms with van der Waals surface area (Å²) in [5.74, 6) is -0.637. The first-order valence-electron chi connectivity index (χ1n) is 22.2. The highest BCUT2D eigenvalue weighted by atomic mass is 32.2. The maximum absolute atomic E-state index is 12.2. The Morgan fingerprint density at radius 1 is 0.500 bits per heavy atom. The average Bonchev–Trinajstić information content (AvgIpc) is 3.68. The minimum absolute atomic E-state index is 0.0779. The number of unbranched alkanes of at least 4 members (excludes halogenated alkanes) is 1. The molecule has 3 N–H and O–H groups in total. The maximum Gasteiger partial charge on any atom is 0.265 e. The smallest absolute Gasteiger partial charge is 0.265 e. The lowest BCUT2D eigenvalue weighted by atomic mass is 9.81. The number of para-hydroxylation sites is 3. The van der Waals surface area contributed by atoms with Gasteiger partial charge in [-0.2, -0.15) is 30.6 Å². The highest BCUT2D eigenvalue weighted by molar-refractivity contribution is 7.86. The predicted octanol–water partition coefficient (Wildman–Crippen LogP) is 10.0. The summed E-state index contributed by atoms with van der Waals surface area (Å²) in [7, 11) is -8.29. The molecule has 336 valence electrons. The first-order chi connectivity index (χ1) is 30.1. The van der Waals surface area contributed by atoms with Crippen molar-refractivity contribution in [2.45, 2.75) is 90.4 Å². The summed E-state index contributed by atoms with van der Waals surface area (Å²) < 4.78 is 72.7. The van der Waals surface area contributed by atoms with E-state index in [1.807, 2.05) is 72.8 Å². The van der Waals surface area contributed by atoms with Crippen molar-refractivity contribution in [3.8, 4) is 5.75 Å². The van der Waals surface area contributed by atoms with Crippen LogP contribution < -0.4 is 0 Å². The predicted molar refractivity (Wildman–Crippen MR) is 260 cm³/mol. The first-order valence-corrected chi connectivity index (χ1v) is 25.4. The zero-order chi connectivity index (χ0) is 46.2. The minimum atomic E-state index is -4.15. The Hall–Kier alpha value is -5.27. The van der Waals surface area contributed by atoms with Gasteiger partial charge in [0.1, 0.15) is 25.4 Å². The molecule has 0 amide bonds. The van der Waals surface area contributed by atoms with Gasteiger partial charge >= 0.3 is 0 Å². The summed E-state index contributed by atoms with van der Waals surface area (Å²) >= 11 is 0. The second-order valence-corrected chi connectivity index (χ2v) is 21.9. The van der Waals surface area contributed by atoms with Crippen LogP contribution in [0.15, 0.2) is 103 Å². The Morgan fingerprint density at radius 3 is 1.17 bits per heavy atom. The van der Waals surface area contributed by atoms with E-state index in [1.54, 1.807) is 0 Å². The number of hydrogen-bond donors (Lipinski definition) is 3. The Morgan fingerprint density at radius 2 is 0.828 bits per heavy atom. The van der Waals surface area contributed by atoms with Crippen LogP contribution in [-0.4, -0.2) is 93.0 Å². The monoisotopic (exact) mass is 904 g/mol. The van der Waals surface area contributed by atoms with E-state index in [0.717, 1.165) is 58.9 Å². The van der Waals surface area contributed by atoms with Gasteiger partial charge in [0.15, 0.2) is 17.1 Å². The molecule has 3 aliphatic heterocycles. The Kier molecular flexibility index (Phi) is 13.1. The zero-order valence-corrected chi connectivity index (χ0v) is 39.7. The van der Waals surface area contributed by atoms with E-state index >= 15 is 0 Å². The Bertz CT molecular complexity index is 2770. The van der Waals surface area contributed by atoms with Gasteiger partial charge in [-0.3, -0.25) is 9.11 Å². The molecule has 0 saturated heterocycles. The Labute approximate surface area is 379 Å². The number of rotatable bonds is 17. The number of allylic oxidation sites excluding steroid dienone is 3. The molecule has 0 saturated carbocycles. The molecular formula is C52H62N3O7S2+3. The van der Waals surface area contributed by atoms with Gasteiger partial charge in [0.25, 0.3) is 20.2 Å². The molecule has 0 fully saturated rings. The topological polar surface area (TPSA) is 138 Å². The number of phenolic OH excluding ortho intramolecular Hbond substituents is 1. The average molecular weight is 905 g/mol. The molecule has 64 heavy (non-hydrogen) atoms. The van der Waals surface area contributed by atoms with Gasteiger partial charge in [0.05, 0.1) is 27.8 Å². The van der Waals surface area contributed by atoms with Gasteiger partial charge in [-0.25, -0.2) is 0 Å². The van der Waals surface area contributed by atoms with Crippen LogP contribution in [-0.2, 0) is 36.5 Å². The van der Waals surface area contributed by atoms with E-state index in [-0.39, 0.29) is 35.5 Å². The van der Waals surface area contributed by atoms with E-state index in [2.05, 4.69) is 111 Å². The molecule has 4 aromatic carbocycles. The lowest BCUT2D eigenvalue weighted by Crippen LogP contribution is -2.28. The molecule has 4 aromatic rings. The van der Waals surface area contributed by atoms with Crippen LogP contribution in [0.4, 0.5) is 17.1 Å². The largest absolute Gasteiger partial charge is 0.507 e. The van der Waals surface area contributed by atoms with E-state index in [4.69, 9.17) is 0 Å². The van der Waals surface area contributed by atoms with Crippen LogP contribution in [0.25, 0.3) is 18.2 Å². The number of aromatic hydroxyl groups is 1. The fraction of sp³-hybridized carbons (Fsp3) is 0.365. The number of hydrogen-bond acceptors (Lipinski definition) is 5. The summed E-state index contributed by atoms with van der Waals surface area (Å²) in [5.41, 5.74) is 10.5. The van der Waals surface area contributed by atoms with Crippen LogP contribution >= 0.6 is 0 Å². The number of phenols is 1. The molecular weight excluding hydrogens is 843 g/mol. The summed E-state index contributed by atoms with van der Waals surface area (Å²) in [6.45, 7) is 16.9. The van der Waals surface area contributed by atoms with Gasteiger partial charge in [0.2, 0.25) is 17.1 Å². The molecule has 0 spiro atoms. The third-order valence-electron chi connectivity index (χ3n) is 13.2. The van der Waals surface area contributed by atoms with Gasteiger partial charge in [0, 0.05) is 83.5 Å². The third kappa shape index (κ3) is 9.42. The number of benzene rings is 4. The van der Waals surface area contributed by atoms with Gasteiger partial charge in [-0.1, -0.05) is 67.9 Å². The summed E-state index contributed by atoms with van der Waals surface area (Å²) in [5, 5.41) is 12.2. The molecule has 0 unspecified atom stereocenters. The van der Waals surface area contributed by atoms with Crippen molar-refractivity contribution in [3.63, 3.8) is 0 Å². The molecule has 10 nitrogen and oxygen atoms in total. The first kappa shape index (κ1) is 46.7. The van der Waals surface area contributed by atoms with Crippen LogP contribution in [0, 0.1) is 0 Å². The molecule has 0 bridgehead atoms. The normalized spacial score (nSPS) is 17.7. The molecule has 0 aromatic heterocycles. The second kappa shape index (κ2) is 18.0. The fourth-order valence-corrected chi connectivity index (χ4v) is 10.8.